The Labute approximate surface area is 633 Å². The fraction of sp³-hybridized carbons (Fsp3) is 0.161. The summed E-state index contributed by atoms with van der Waals surface area (Å²) in [7, 11) is 0. The summed E-state index contributed by atoms with van der Waals surface area (Å²) in [6.45, 7) is 25.4. The number of rotatable bonds is 11. The molecule has 0 unspecified atom stereocenters. The molecule has 0 aliphatic rings. The van der Waals surface area contributed by atoms with Crippen molar-refractivity contribution in [2.24, 2.45) is 0 Å². The van der Waals surface area contributed by atoms with E-state index in [0.29, 0.717) is 0 Å². The maximum absolute atomic E-state index is 10.0. The number of allylic oxidation sites excluding steroid dienone is 6. The number of nitrogens with zero attached hydrogens (tertiary/aromatic N) is 8. The molecule has 103 heavy (non-hydrogen) atoms. The van der Waals surface area contributed by atoms with E-state index in [2.05, 4.69) is 198 Å². The second kappa shape index (κ2) is 43.6. The van der Waals surface area contributed by atoms with E-state index >= 15 is 0 Å². The molecule has 0 spiro atoms. The Morgan fingerprint density at radius 2 is 0.534 bits per heavy atom. The first-order valence-electron chi connectivity index (χ1n) is 32.5. The first kappa shape index (κ1) is 84.4. The van der Waals surface area contributed by atoms with E-state index in [9.17, 15) is 14.4 Å². The van der Waals surface area contributed by atoms with Gasteiger partial charge in [-0.2, -0.15) is 0 Å². The van der Waals surface area contributed by atoms with Crippen molar-refractivity contribution in [2.75, 3.05) is 0 Å². The summed E-state index contributed by atoms with van der Waals surface area (Å²) in [6, 6.07) is 68.4. The fourth-order valence-electron chi connectivity index (χ4n) is 10.4. The normalized spacial score (nSPS) is 10.5. The van der Waals surface area contributed by atoms with Gasteiger partial charge < -0.3 is 45.2 Å². The maximum atomic E-state index is 10.0. The van der Waals surface area contributed by atoms with Gasteiger partial charge in [0.15, 0.2) is 17.3 Å². The molecule has 14 nitrogen and oxygen atoms in total. The molecule has 12 aromatic rings. The summed E-state index contributed by atoms with van der Waals surface area (Å²) in [5, 5.41) is 25.1. The van der Waals surface area contributed by atoms with Crippen LogP contribution >= 0.6 is 0 Å². The van der Waals surface area contributed by atoms with Gasteiger partial charge in [-0.15, -0.1) is 53.1 Å². The molecule has 16 heteroatoms. The van der Waals surface area contributed by atoms with Crippen LogP contribution in [0.4, 0.5) is 0 Å². The van der Waals surface area contributed by atoms with Gasteiger partial charge in [-0.3, -0.25) is 24.4 Å². The van der Waals surface area contributed by atoms with Crippen LogP contribution in [0, 0.1) is 73.6 Å². The number of aliphatic hydroxyl groups is 3. The van der Waals surface area contributed by atoms with Gasteiger partial charge in [-0.25, -0.2) is 0 Å². The predicted octanol–water partition coefficient (Wildman–Crippen LogP) is 20.2. The van der Waals surface area contributed by atoms with Gasteiger partial charge in [0.1, 0.15) is 0 Å². The average molecular weight is 1720 g/mol. The van der Waals surface area contributed by atoms with Crippen LogP contribution < -0.4 is 0 Å². The third-order valence-corrected chi connectivity index (χ3v) is 14.8. The SMILES string of the molecule is CC(=O)C=C(C)O.CC(=O)C=C(C)O.CC(=O)C=C(C)O.Cc1cccc(C)c1-c1c[c-]c(-c2ccccn2)cn1.Cc1cccc(C)c1-c1c[c-]c(-c2ccccn2)cn1.Cc1cccc(C)c1-c1c[c-]c(-c2ccccn2)cn1.Cc1cccc(C)c1-c1ccc(-c2ccccn2)cn1.[Ir+3].[Ir]. The van der Waals surface area contributed by atoms with Gasteiger partial charge in [0.05, 0.1) is 28.7 Å². The Hall–Kier alpha value is -11.0. The summed E-state index contributed by atoms with van der Waals surface area (Å²) in [5.74, 6) is -0.187. The van der Waals surface area contributed by atoms with Crippen LogP contribution in [0.3, 0.4) is 0 Å². The molecule has 3 N–H and O–H groups in total. The summed E-state index contributed by atoms with van der Waals surface area (Å²) in [4.78, 5) is 65.7. The van der Waals surface area contributed by atoms with Gasteiger partial charge in [-0.1, -0.05) is 167 Å². The molecule has 0 saturated carbocycles. The van der Waals surface area contributed by atoms with Crippen molar-refractivity contribution in [1.29, 1.82) is 0 Å². The molecular formula is C87H85Ir2N8O6. The standard InChI is InChI=1S/C18H16N2.3C18H15N2.3C5H8O2.2Ir/c4*1-13-6-5-7-14(2)18(13)17-10-9-15(12-20-17)16-8-3-4-11-19-16;3*1-4(6)3-5(2)7;;/h3-12H,1-2H3;3*3-8,10-12H,1-2H3;3*3,6H,1-2H3;;/q;3*-1;;;;;+3. The minimum absolute atomic E-state index is 0. The molecular weight excluding hydrogens is 1640 g/mol. The summed E-state index contributed by atoms with van der Waals surface area (Å²) >= 11 is 0. The van der Waals surface area contributed by atoms with Crippen LogP contribution in [-0.2, 0) is 54.6 Å². The molecule has 0 fully saturated rings. The first-order valence-corrected chi connectivity index (χ1v) is 32.5. The molecule has 0 saturated heterocycles. The van der Waals surface area contributed by atoms with Crippen molar-refractivity contribution < 1.29 is 69.9 Å². The van der Waals surface area contributed by atoms with Gasteiger partial charge in [0, 0.05) is 80.4 Å². The van der Waals surface area contributed by atoms with Crippen molar-refractivity contribution in [3.05, 3.63) is 324 Å². The maximum Gasteiger partial charge on any atom is 3.00 e. The van der Waals surface area contributed by atoms with E-state index in [-0.39, 0.29) is 74.8 Å². The van der Waals surface area contributed by atoms with Gasteiger partial charge in [-0.05, 0) is 201 Å². The topological polar surface area (TPSA) is 215 Å². The minimum Gasteiger partial charge on any atom is -0.512 e. The average Bonchev–Trinajstić information content (AvgIpc) is 0.836. The molecule has 8 heterocycles. The summed E-state index contributed by atoms with van der Waals surface area (Å²) in [6.07, 6.45) is 18.0. The number of hydrogen-bond acceptors (Lipinski definition) is 14. The van der Waals surface area contributed by atoms with E-state index in [4.69, 9.17) is 15.3 Å². The van der Waals surface area contributed by atoms with E-state index in [1.807, 2.05) is 116 Å². The van der Waals surface area contributed by atoms with Crippen molar-refractivity contribution in [2.45, 2.75) is 96.9 Å². The molecule has 0 amide bonds. The minimum atomic E-state index is -0.125. The molecule has 0 bridgehead atoms. The van der Waals surface area contributed by atoms with Crippen LogP contribution in [-0.4, -0.2) is 72.5 Å². The number of aromatic nitrogens is 8. The summed E-state index contributed by atoms with van der Waals surface area (Å²) < 4.78 is 0. The number of aryl methyl sites for hydroxylation is 8. The largest absolute Gasteiger partial charge is 3.00 e. The first-order chi connectivity index (χ1) is 48.4. The molecule has 12 rings (SSSR count). The van der Waals surface area contributed by atoms with Crippen LogP contribution in [0.2, 0.25) is 0 Å². The molecule has 1 radical (unpaired) electrons. The second-order valence-corrected chi connectivity index (χ2v) is 23.6. The Morgan fingerprint density at radius 3 is 0.718 bits per heavy atom. The fourth-order valence-corrected chi connectivity index (χ4v) is 10.4. The number of ketones is 3. The Morgan fingerprint density at radius 1 is 0.291 bits per heavy atom. The zero-order valence-corrected chi connectivity index (χ0v) is 65.2. The van der Waals surface area contributed by atoms with E-state index in [1.165, 1.54) is 127 Å². The van der Waals surface area contributed by atoms with Gasteiger partial charge in [0.2, 0.25) is 0 Å². The van der Waals surface area contributed by atoms with E-state index in [0.717, 1.165) is 67.8 Å². The molecule has 0 atom stereocenters. The third kappa shape index (κ3) is 27.8. The van der Waals surface area contributed by atoms with E-state index in [1.54, 1.807) is 24.8 Å². The molecule has 4 aromatic carbocycles. The second-order valence-electron chi connectivity index (χ2n) is 23.6. The Balaban J connectivity index is 0.000000265. The summed E-state index contributed by atoms with van der Waals surface area (Å²) in [5.41, 5.74) is 26.0. The number of aliphatic hydroxyl groups excluding tert-OH is 3. The van der Waals surface area contributed by atoms with Crippen molar-refractivity contribution in [3.63, 3.8) is 0 Å². The zero-order chi connectivity index (χ0) is 73.4. The predicted molar refractivity (Wildman–Crippen MR) is 407 cm³/mol. The van der Waals surface area contributed by atoms with Crippen LogP contribution in [0.15, 0.2) is 261 Å². The zero-order valence-electron chi connectivity index (χ0n) is 60.4. The van der Waals surface area contributed by atoms with E-state index < -0.39 is 0 Å². The molecule has 0 aliphatic heterocycles. The molecule has 527 valence electrons. The number of carbonyl (C=O) groups is 3. The van der Waals surface area contributed by atoms with Crippen molar-refractivity contribution in [1.82, 2.24) is 39.9 Å². The van der Waals surface area contributed by atoms with Crippen LogP contribution in [0.5, 0.6) is 0 Å². The number of hydrogen-bond donors (Lipinski definition) is 3. The van der Waals surface area contributed by atoms with Crippen LogP contribution in [0.25, 0.3) is 90.1 Å². The number of pyridine rings is 8. The third-order valence-electron chi connectivity index (χ3n) is 14.8. The monoisotopic (exact) mass is 1720 g/mol. The Bertz CT molecular complexity index is 4050. The van der Waals surface area contributed by atoms with Crippen LogP contribution in [0.1, 0.15) is 86.1 Å². The van der Waals surface area contributed by atoms with Gasteiger partial charge >= 0.3 is 20.1 Å². The smallest absolute Gasteiger partial charge is 0.512 e. The van der Waals surface area contributed by atoms with Crippen molar-refractivity contribution in [3.8, 4) is 90.1 Å². The van der Waals surface area contributed by atoms with Crippen molar-refractivity contribution >= 4 is 17.3 Å². The Kier molecular flexibility index (Phi) is 35.8. The molecule has 0 aliphatic carbocycles. The number of carbonyl (C=O) groups excluding carboxylic acids is 3. The molecule has 8 aromatic heterocycles. The quantitative estimate of drug-likeness (QED) is 0.0624. The van der Waals surface area contributed by atoms with Gasteiger partial charge in [0.25, 0.3) is 0 Å². The number of benzene rings is 4.